The number of esters is 1. The molecule has 116 valence electrons. The molecule has 0 bridgehead atoms. The summed E-state index contributed by atoms with van der Waals surface area (Å²) >= 11 is 0. The quantitative estimate of drug-likeness (QED) is 0.261. The maximum atomic E-state index is 11.1. The number of aliphatic hydroxyl groups excluding tert-OH is 2. The molecule has 0 saturated heterocycles. The maximum absolute atomic E-state index is 11.1. The molecule has 2 radical (unpaired) electrons. The first-order chi connectivity index (χ1) is 9.32. The van der Waals surface area contributed by atoms with Crippen LogP contribution in [0.5, 0.6) is 0 Å². The molecule has 0 heterocycles. The summed E-state index contributed by atoms with van der Waals surface area (Å²) in [5.74, 6) is -0.365. The lowest BCUT2D eigenvalue weighted by molar-refractivity contribution is -0.138. The molecule has 0 amide bonds. The van der Waals surface area contributed by atoms with E-state index in [4.69, 9.17) is 9.16 Å². The highest BCUT2D eigenvalue weighted by molar-refractivity contribution is 6.27. The van der Waals surface area contributed by atoms with Crippen LogP contribution in [0.3, 0.4) is 0 Å². The molecular weight excluding hydrogens is 276 g/mol. The van der Waals surface area contributed by atoms with E-state index in [1.54, 1.807) is 20.8 Å². The highest BCUT2D eigenvalue weighted by Crippen LogP contribution is 2.10. The second-order valence-electron chi connectivity index (χ2n) is 5.07. The predicted octanol–water partition coefficient (Wildman–Crippen LogP) is 1.46. The van der Waals surface area contributed by atoms with Crippen LogP contribution >= 0.6 is 0 Å². The molecule has 6 heteroatoms. The van der Waals surface area contributed by atoms with Gasteiger partial charge in [-0.2, -0.15) is 0 Å². The monoisotopic (exact) mass is 302 g/mol. The third kappa shape index (κ3) is 11.2. The molecule has 0 rings (SSSR count). The zero-order chi connectivity index (χ0) is 15.5. The summed E-state index contributed by atoms with van der Waals surface area (Å²) < 4.78 is 10.6. The van der Waals surface area contributed by atoms with E-state index in [9.17, 15) is 15.0 Å². The van der Waals surface area contributed by atoms with Gasteiger partial charge in [-0.1, -0.05) is 6.58 Å². The molecule has 5 nitrogen and oxygen atoms in total. The largest absolute Gasteiger partial charge is 0.462 e. The molecule has 0 aliphatic carbocycles. The Bertz CT molecular complexity index is 281. The van der Waals surface area contributed by atoms with Gasteiger partial charge in [0.2, 0.25) is 9.76 Å². The summed E-state index contributed by atoms with van der Waals surface area (Å²) in [6.07, 6.45) is 0.741. The van der Waals surface area contributed by atoms with E-state index in [0.29, 0.717) is 25.0 Å². The van der Waals surface area contributed by atoms with Crippen LogP contribution in [0.2, 0.25) is 6.04 Å². The third-order valence-electron chi connectivity index (χ3n) is 2.46. The number of aliphatic hydroxyl groups is 2. The first-order valence-corrected chi connectivity index (χ1v) is 8.01. The fourth-order valence-corrected chi connectivity index (χ4v) is 2.40. The highest BCUT2D eigenvalue weighted by Gasteiger charge is 2.15. The van der Waals surface area contributed by atoms with Crippen molar-refractivity contribution in [2.24, 2.45) is 0 Å². The summed E-state index contributed by atoms with van der Waals surface area (Å²) in [6, 6.07) is 0.791. The van der Waals surface area contributed by atoms with Gasteiger partial charge < -0.3 is 19.4 Å². The van der Waals surface area contributed by atoms with Crippen molar-refractivity contribution in [1.82, 2.24) is 0 Å². The molecule has 0 aromatic carbocycles. The maximum Gasteiger partial charge on any atom is 0.333 e. The van der Waals surface area contributed by atoms with E-state index in [0.717, 1.165) is 12.5 Å². The number of ether oxygens (including phenoxy) is 1. The number of carbonyl (C=O) groups is 1. The molecule has 0 aromatic heterocycles. The van der Waals surface area contributed by atoms with Crippen molar-refractivity contribution in [1.29, 1.82) is 0 Å². The van der Waals surface area contributed by atoms with Crippen molar-refractivity contribution in [3.63, 3.8) is 0 Å². The van der Waals surface area contributed by atoms with Gasteiger partial charge in [-0.3, -0.25) is 0 Å². The van der Waals surface area contributed by atoms with E-state index < -0.39 is 12.2 Å². The lowest BCUT2D eigenvalue weighted by atomic mass is 10.1. The van der Waals surface area contributed by atoms with Gasteiger partial charge in [0.25, 0.3) is 0 Å². The van der Waals surface area contributed by atoms with Crippen molar-refractivity contribution >= 4 is 15.7 Å². The second kappa shape index (κ2) is 11.0. The molecule has 2 atom stereocenters. The van der Waals surface area contributed by atoms with Gasteiger partial charge in [0.15, 0.2) is 0 Å². The molecule has 0 spiro atoms. The van der Waals surface area contributed by atoms with Gasteiger partial charge in [-0.05, 0) is 46.1 Å². The smallest absolute Gasteiger partial charge is 0.333 e. The zero-order valence-electron chi connectivity index (χ0n) is 12.6. The molecule has 0 saturated carbocycles. The van der Waals surface area contributed by atoms with E-state index >= 15 is 0 Å². The lowest BCUT2D eigenvalue weighted by Crippen LogP contribution is -2.25. The van der Waals surface area contributed by atoms with Crippen LogP contribution in [0.25, 0.3) is 0 Å². The Morgan fingerprint density at radius 3 is 2.25 bits per heavy atom. The van der Waals surface area contributed by atoms with Crippen molar-refractivity contribution in [3.8, 4) is 0 Å². The van der Waals surface area contributed by atoms with Crippen LogP contribution < -0.4 is 0 Å². The lowest BCUT2D eigenvalue weighted by Gasteiger charge is -2.20. The summed E-state index contributed by atoms with van der Waals surface area (Å²) in [5, 5.41) is 18.7. The van der Waals surface area contributed by atoms with Gasteiger partial charge in [0.1, 0.15) is 0 Å². The minimum Gasteiger partial charge on any atom is -0.462 e. The molecule has 20 heavy (non-hydrogen) atoms. The van der Waals surface area contributed by atoms with Gasteiger partial charge >= 0.3 is 5.97 Å². The first-order valence-electron chi connectivity index (χ1n) is 6.90. The molecule has 2 N–H and O–H groups in total. The summed E-state index contributed by atoms with van der Waals surface area (Å²) in [4.78, 5) is 11.1. The summed E-state index contributed by atoms with van der Waals surface area (Å²) in [5.41, 5.74) is 0.401. The van der Waals surface area contributed by atoms with Crippen LogP contribution in [0, 0.1) is 0 Å². The van der Waals surface area contributed by atoms with Crippen molar-refractivity contribution in [2.75, 3.05) is 6.61 Å². The van der Waals surface area contributed by atoms with E-state index in [2.05, 4.69) is 6.58 Å². The Morgan fingerprint density at radius 2 is 1.80 bits per heavy atom. The summed E-state index contributed by atoms with van der Waals surface area (Å²) in [6.45, 7) is 8.89. The predicted molar refractivity (Wildman–Crippen MR) is 78.4 cm³/mol. The number of hydrogen-bond acceptors (Lipinski definition) is 5. The van der Waals surface area contributed by atoms with E-state index in [1.807, 2.05) is 0 Å². The molecule has 0 aliphatic rings. The van der Waals surface area contributed by atoms with Crippen molar-refractivity contribution < 1.29 is 24.2 Å². The Hall–Kier alpha value is -0.693. The topological polar surface area (TPSA) is 76.0 Å². The Kier molecular flexibility index (Phi) is 10.6. The van der Waals surface area contributed by atoms with Crippen molar-refractivity contribution in [2.45, 2.75) is 64.4 Å². The normalized spacial score (nSPS) is 15.4. The Labute approximate surface area is 123 Å². The average molecular weight is 302 g/mol. The third-order valence-corrected chi connectivity index (χ3v) is 3.52. The van der Waals surface area contributed by atoms with Crippen LogP contribution in [-0.2, 0) is 14.0 Å². The summed E-state index contributed by atoms with van der Waals surface area (Å²) in [7, 11) is 0.274. The minimum atomic E-state index is -0.444. The Balaban J connectivity index is 3.72. The second-order valence-corrected chi connectivity index (χ2v) is 6.10. The van der Waals surface area contributed by atoms with Gasteiger partial charge in [0.05, 0.1) is 18.8 Å². The molecular formula is C14H26O5Si. The van der Waals surface area contributed by atoms with Gasteiger partial charge in [-0.15, -0.1) is 0 Å². The fourth-order valence-electron chi connectivity index (χ4n) is 1.56. The van der Waals surface area contributed by atoms with E-state index in [-0.39, 0.29) is 21.8 Å². The molecule has 0 aromatic rings. The Morgan fingerprint density at radius 1 is 1.25 bits per heavy atom. The number of carbonyl (C=O) groups excluding carboxylic acids is 1. The number of rotatable bonds is 11. The van der Waals surface area contributed by atoms with Crippen molar-refractivity contribution in [3.05, 3.63) is 12.2 Å². The van der Waals surface area contributed by atoms with Gasteiger partial charge in [0, 0.05) is 11.7 Å². The van der Waals surface area contributed by atoms with Crippen LogP contribution in [0.4, 0.5) is 0 Å². The highest BCUT2D eigenvalue weighted by atomic mass is 28.2. The average Bonchev–Trinajstić information content (AvgIpc) is 2.31. The van der Waals surface area contributed by atoms with Gasteiger partial charge in [-0.25, -0.2) is 4.79 Å². The minimum absolute atomic E-state index is 0.133. The zero-order valence-corrected chi connectivity index (χ0v) is 13.6. The molecule has 0 aliphatic heterocycles. The van der Waals surface area contributed by atoms with Crippen LogP contribution in [-0.4, -0.2) is 50.9 Å². The first kappa shape index (κ1) is 19.3. The van der Waals surface area contributed by atoms with Crippen LogP contribution in [0.1, 0.15) is 40.0 Å². The number of hydrogen-bond donors (Lipinski definition) is 2. The fraction of sp³-hybridized carbons (Fsp3) is 0.786. The standard InChI is InChI=1S/C14H26O5Si/c1-10(2)14(17)18-6-5-7-20-19-13(8-11(3)15)9-12(4)16/h11-13,15-16H,1,5-9H2,2-4H3. The molecule has 0 fully saturated rings. The van der Waals surface area contributed by atoms with Crippen LogP contribution in [0.15, 0.2) is 12.2 Å². The van der Waals surface area contributed by atoms with E-state index in [1.165, 1.54) is 0 Å². The SMILES string of the molecule is C=C(C)C(=O)OCCC[Si]OC(CC(C)O)CC(C)O. The molecule has 2 unspecified atom stereocenters.